The van der Waals surface area contributed by atoms with E-state index in [2.05, 4.69) is 31.1 Å². The minimum absolute atomic E-state index is 0.358. The van der Waals surface area contributed by atoms with Gasteiger partial charge in [0, 0.05) is 12.6 Å². The molecule has 1 aliphatic carbocycles. The number of unbranched alkanes of at least 4 members (excludes halogenated alkanes) is 2. The Morgan fingerprint density at radius 3 is 2.59 bits per heavy atom. The van der Waals surface area contributed by atoms with Gasteiger partial charge in [-0.25, -0.2) is 0 Å². The molecule has 0 aromatic rings. The van der Waals surface area contributed by atoms with Gasteiger partial charge in [-0.2, -0.15) is 0 Å². The zero-order valence-electron chi connectivity index (χ0n) is 11.9. The SMILES string of the molecule is CC(C)OCCN(C)CCCCCNC1CC1. The van der Waals surface area contributed by atoms with Crippen LogP contribution >= 0.6 is 0 Å². The van der Waals surface area contributed by atoms with E-state index < -0.39 is 0 Å². The number of nitrogens with zero attached hydrogens (tertiary/aromatic N) is 1. The topological polar surface area (TPSA) is 24.5 Å². The molecule has 0 saturated heterocycles. The normalized spacial score (nSPS) is 16.1. The molecule has 3 nitrogen and oxygen atoms in total. The maximum absolute atomic E-state index is 5.54. The first kappa shape index (κ1) is 14.9. The highest BCUT2D eigenvalue weighted by Gasteiger charge is 2.19. The zero-order valence-corrected chi connectivity index (χ0v) is 11.9. The highest BCUT2D eigenvalue weighted by Crippen LogP contribution is 2.18. The van der Waals surface area contributed by atoms with Crippen molar-refractivity contribution >= 4 is 0 Å². The molecule has 0 amide bonds. The molecule has 1 fully saturated rings. The van der Waals surface area contributed by atoms with E-state index in [1.807, 2.05) is 0 Å². The molecule has 0 heterocycles. The van der Waals surface area contributed by atoms with Gasteiger partial charge in [0.1, 0.15) is 0 Å². The first-order valence-electron chi connectivity index (χ1n) is 7.22. The van der Waals surface area contributed by atoms with Gasteiger partial charge in [-0.05, 0) is 59.7 Å². The Morgan fingerprint density at radius 1 is 1.18 bits per heavy atom. The van der Waals surface area contributed by atoms with Gasteiger partial charge in [0.05, 0.1) is 12.7 Å². The molecule has 1 rings (SSSR count). The molecule has 17 heavy (non-hydrogen) atoms. The zero-order chi connectivity index (χ0) is 12.5. The number of nitrogens with one attached hydrogen (secondary N) is 1. The van der Waals surface area contributed by atoms with E-state index in [4.69, 9.17) is 4.74 Å². The standard InChI is InChI=1S/C14H30N2O/c1-13(2)17-12-11-16(3)10-6-4-5-9-15-14-7-8-14/h13-15H,4-12H2,1-3H3. The summed E-state index contributed by atoms with van der Waals surface area (Å²) in [5.41, 5.74) is 0. The Hall–Kier alpha value is -0.120. The highest BCUT2D eigenvalue weighted by atomic mass is 16.5. The number of ether oxygens (including phenoxy) is 1. The van der Waals surface area contributed by atoms with Crippen molar-refractivity contribution in [3.8, 4) is 0 Å². The summed E-state index contributed by atoms with van der Waals surface area (Å²) in [6, 6.07) is 0.867. The first-order chi connectivity index (χ1) is 8.18. The van der Waals surface area contributed by atoms with Crippen LogP contribution in [-0.4, -0.2) is 50.3 Å². The van der Waals surface area contributed by atoms with Gasteiger partial charge in [0.15, 0.2) is 0 Å². The molecule has 0 radical (unpaired) electrons. The Labute approximate surface area is 107 Å². The number of likely N-dealkylation sites (N-methyl/N-ethyl adjacent to an activating group) is 1. The van der Waals surface area contributed by atoms with Crippen LogP contribution in [0.5, 0.6) is 0 Å². The fourth-order valence-corrected chi connectivity index (χ4v) is 1.83. The average Bonchev–Trinajstić information content (AvgIpc) is 3.06. The van der Waals surface area contributed by atoms with E-state index in [9.17, 15) is 0 Å². The largest absolute Gasteiger partial charge is 0.377 e. The van der Waals surface area contributed by atoms with Gasteiger partial charge in [-0.3, -0.25) is 0 Å². The second kappa shape index (κ2) is 8.90. The van der Waals surface area contributed by atoms with Crippen molar-refractivity contribution in [3.63, 3.8) is 0 Å². The van der Waals surface area contributed by atoms with Gasteiger partial charge >= 0.3 is 0 Å². The number of hydrogen-bond donors (Lipinski definition) is 1. The molecule has 1 saturated carbocycles. The highest BCUT2D eigenvalue weighted by molar-refractivity contribution is 4.80. The van der Waals surface area contributed by atoms with E-state index in [1.54, 1.807) is 0 Å². The van der Waals surface area contributed by atoms with Crippen LogP contribution in [0.1, 0.15) is 46.0 Å². The minimum atomic E-state index is 0.358. The Balaban J connectivity index is 1.77. The summed E-state index contributed by atoms with van der Waals surface area (Å²) in [4.78, 5) is 2.37. The van der Waals surface area contributed by atoms with Crippen molar-refractivity contribution in [2.24, 2.45) is 0 Å². The van der Waals surface area contributed by atoms with Gasteiger partial charge < -0.3 is 15.0 Å². The Kier molecular flexibility index (Phi) is 7.82. The molecule has 1 aliphatic rings. The van der Waals surface area contributed by atoms with E-state index >= 15 is 0 Å². The smallest absolute Gasteiger partial charge is 0.0596 e. The fraction of sp³-hybridized carbons (Fsp3) is 1.00. The van der Waals surface area contributed by atoms with Crippen LogP contribution in [0.2, 0.25) is 0 Å². The molecule has 3 heteroatoms. The van der Waals surface area contributed by atoms with E-state index in [1.165, 1.54) is 45.2 Å². The third-order valence-electron chi connectivity index (χ3n) is 3.15. The predicted octanol–water partition coefficient (Wildman–Crippen LogP) is 2.27. The minimum Gasteiger partial charge on any atom is -0.377 e. The second-order valence-corrected chi connectivity index (χ2v) is 5.51. The molecule has 1 N–H and O–H groups in total. The van der Waals surface area contributed by atoms with Crippen molar-refractivity contribution < 1.29 is 4.74 Å². The van der Waals surface area contributed by atoms with E-state index in [-0.39, 0.29) is 0 Å². The van der Waals surface area contributed by atoms with E-state index in [0.29, 0.717) is 6.10 Å². The molecule has 0 aromatic heterocycles. The van der Waals surface area contributed by atoms with Gasteiger partial charge in [-0.1, -0.05) is 6.42 Å². The van der Waals surface area contributed by atoms with Crippen LogP contribution < -0.4 is 5.32 Å². The van der Waals surface area contributed by atoms with Crippen LogP contribution in [0.4, 0.5) is 0 Å². The molecule has 102 valence electrons. The summed E-state index contributed by atoms with van der Waals surface area (Å²) in [6.45, 7) is 8.51. The lowest BCUT2D eigenvalue weighted by Gasteiger charge is -2.17. The van der Waals surface area contributed by atoms with Crippen molar-refractivity contribution in [1.82, 2.24) is 10.2 Å². The van der Waals surface area contributed by atoms with Gasteiger partial charge in [-0.15, -0.1) is 0 Å². The van der Waals surface area contributed by atoms with Crippen LogP contribution in [-0.2, 0) is 4.74 Å². The summed E-state index contributed by atoms with van der Waals surface area (Å²) >= 11 is 0. The van der Waals surface area contributed by atoms with E-state index in [0.717, 1.165) is 19.2 Å². The first-order valence-corrected chi connectivity index (χ1v) is 7.22. The summed E-state index contributed by atoms with van der Waals surface area (Å²) in [6.07, 6.45) is 7.14. The maximum atomic E-state index is 5.54. The predicted molar refractivity (Wildman–Crippen MR) is 73.5 cm³/mol. The second-order valence-electron chi connectivity index (χ2n) is 5.51. The summed E-state index contributed by atoms with van der Waals surface area (Å²) in [7, 11) is 2.19. The molecule has 0 bridgehead atoms. The van der Waals surface area contributed by atoms with Crippen molar-refractivity contribution in [1.29, 1.82) is 0 Å². The summed E-state index contributed by atoms with van der Waals surface area (Å²) < 4.78 is 5.54. The van der Waals surface area contributed by atoms with Gasteiger partial charge in [0.25, 0.3) is 0 Å². The monoisotopic (exact) mass is 242 g/mol. The van der Waals surface area contributed by atoms with Crippen molar-refractivity contribution in [2.45, 2.75) is 58.1 Å². The van der Waals surface area contributed by atoms with Crippen LogP contribution in [0.25, 0.3) is 0 Å². The molecule has 0 unspecified atom stereocenters. The third kappa shape index (κ3) is 9.57. The molecule has 0 spiro atoms. The third-order valence-corrected chi connectivity index (χ3v) is 3.15. The lowest BCUT2D eigenvalue weighted by Crippen LogP contribution is -2.25. The lowest BCUT2D eigenvalue weighted by atomic mass is 10.2. The van der Waals surface area contributed by atoms with Crippen LogP contribution in [0.15, 0.2) is 0 Å². The Morgan fingerprint density at radius 2 is 1.94 bits per heavy atom. The summed E-state index contributed by atoms with van der Waals surface area (Å²) in [5.74, 6) is 0. The summed E-state index contributed by atoms with van der Waals surface area (Å²) in [5, 5.41) is 3.56. The maximum Gasteiger partial charge on any atom is 0.0596 e. The molecule has 0 atom stereocenters. The number of hydrogen-bond acceptors (Lipinski definition) is 3. The molecular weight excluding hydrogens is 212 g/mol. The molecule has 0 aromatic carbocycles. The quantitative estimate of drug-likeness (QED) is 0.563. The van der Waals surface area contributed by atoms with Crippen molar-refractivity contribution in [2.75, 3.05) is 33.3 Å². The molecular formula is C14H30N2O. The number of rotatable bonds is 11. The van der Waals surface area contributed by atoms with Crippen LogP contribution in [0, 0.1) is 0 Å². The fourth-order valence-electron chi connectivity index (χ4n) is 1.83. The average molecular weight is 242 g/mol. The lowest BCUT2D eigenvalue weighted by molar-refractivity contribution is 0.0636. The van der Waals surface area contributed by atoms with Crippen LogP contribution in [0.3, 0.4) is 0 Å². The molecule has 0 aliphatic heterocycles. The van der Waals surface area contributed by atoms with Gasteiger partial charge in [0.2, 0.25) is 0 Å². The van der Waals surface area contributed by atoms with Crippen molar-refractivity contribution in [3.05, 3.63) is 0 Å². The Bertz CT molecular complexity index is 181.